The maximum atomic E-state index is 10.7. The van der Waals surface area contributed by atoms with Gasteiger partial charge in [0.25, 0.3) is 0 Å². The van der Waals surface area contributed by atoms with Crippen molar-refractivity contribution >= 4 is 29.9 Å². The highest BCUT2D eigenvalue weighted by molar-refractivity contribution is 14.0. The molecule has 0 spiro atoms. The molecule has 0 radical (unpaired) electrons. The first-order chi connectivity index (χ1) is 11.7. The van der Waals surface area contributed by atoms with Gasteiger partial charge >= 0.3 is 0 Å². The molecule has 0 saturated carbocycles. The highest BCUT2D eigenvalue weighted by Crippen LogP contribution is 2.18. The average molecular weight is 475 g/mol. The summed E-state index contributed by atoms with van der Waals surface area (Å²) in [5, 5.41) is 25.6. The Morgan fingerprint density at radius 2 is 2.00 bits per heavy atom. The SMILES string of the molecule is CCNC(=NCc1c(C)nn(C)c1C)NCC(C)(O)c1cnn(C)c1.I. The van der Waals surface area contributed by atoms with Crippen LogP contribution in [0.25, 0.3) is 0 Å². The van der Waals surface area contributed by atoms with Crippen molar-refractivity contribution in [2.24, 2.45) is 19.1 Å². The number of nitrogens with one attached hydrogen (secondary N) is 2. The molecule has 0 amide bonds. The van der Waals surface area contributed by atoms with Crippen molar-refractivity contribution < 1.29 is 5.11 Å². The van der Waals surface area contributed by atoms with E-state index in [0.717, 1.165) is 29.1 Å². The highest BCUT2D eigenvalue weighted by Gasteiger charge is 2.25. The molecule has 0 bridgehead atoms. The summed E-state index contributed by atoms with van der Waals surface area (Å²) in [5.41, 5.74) is 2.95. The summed E-state index contributed by atoms with van der Waals surface area (Å²) in [6, 6.07) is 0. The van der Waals surface area contributed by atoms with Gasteiger partial charge in [0.15, 0.2) is 5.96 Å². The van der Waals surface area contributed by atoms with Crippen LogP contribution in [0.1, 0.15) is 36.4 Å². The summed E-state index contributed by atoms with van der Waals surface area (Å²) in [4.78, 5) is 4.63. The fraction of sp³-hybridized carbons (Fsp3) is 0.588. The molecule has 146 valence electrons. The molecule has 2 heterocycles. The molecule has 1 atom stereocenters. The van der Waals surface area contributed by atoms with Gasteiger partial charge in [-0.1, -0.05) is 0 Å². The lowest BCUT2D eigenvalue weighted by Gasteiger charge is -2.23. The van der Waals surface area contributed by atoms with E-state index in [4.69, 9.17) is 0 Å². The second-order valence-corrected chi connectivity index (χ2v) is 6.50. The van der Waals surface area contributed by atoms with E-state index in [1.54, 1.807) is 17.8 Å². The number of halogens is 1. The lowest BCUT2D eigenvalue weighted by atomic mass is 10.00. The molecule has 3 N–H and O–H groups in total. The average Bonchev–Trinajstić information content (AvgIpc) is 3.08. The van der Waals surface area contributed by atoms with Crippen LogP contribution in [-0.4, -0.2) is 43.7 Å². The second-order valence-electron chi connectivity index (χ2n) is 6.50. The van der Waals surface area contributed by atoms with Gasteiger partial charge in [0.2, 0.25) is 0 Å². The Hall–Kier alpha value is -1.62. The van der Waals surface area contributed by atoms with Crippen LogP contribution < -0.4 is 10.6 Å². The predicted octanol–water partition coefficient (Wildman–Crippen LogP) is 1.35. The van der Waals surface area contributed by atoms with Gasteiger partial charge in [-0.3, -0.25) is 9.36 Å². The van der Waals surface area contributed by atoms with E-state index < -0.39 is 5.60 Å². The molecule has 0 saturated heterocycles. The molecule has 26 heavy (non-hydrogen) atoms. The van der Waals surface area contributed by atoms with Crippen molar-refractivity contribution in [2.75, 3.05) is 13.1 Å². The van der Waals surface area contributed by atoms with Crippen LogP contribution in [0.15, 0.2) is 17.4 Å². The van der Waals surface area contributed by atoms with Gasteiger partial charge in [-0.05, 0) is 27.7 Å². The zero-order chi connectivity index (χ0) is 18.6. The van der Waals surface area contributed by atoms with E-state index >= 15 is 0 Å². The summed E-state index contributed by atoms with van der Waals surface area (Å²) in [6.07, 6.45) is 3.49. The minimum atomic E-state index is -1.04. The predicted molar refractivity (Wildman–Crippen MR) is 114 cm³/mol. The molecule has 8 nitrogen and oxygen atoms in total. The molecular formula is C17H30IN7O. The third-order valence-corrected chi connectivity index (χ3v) is 4.33. The van der Waals surface area contributed by atoms with Crippen molar-refractivity contribution in [3.05, 3.63) is 34.9 Å². The maximum absolute atomic E-state index is 10.7. The summed E-state index contributed by atoms with van der Waals surface area (Å²) in [6.45, 7) is 9.41. The number of nitrogens with zero attached hydrogens (tertiary/aromatic N) is 5. The van der Waals surface area contributed by atoms with Gasteiger partial charge in [-0.2, -0.15) is 10.2 Å². The van der Waals surface area contributed by atoms with Crippen molar-refractivity contribution in [3.8, 4) is 0 Å². The Morgan fingerprint density at radius 1 is 1.31 bits per heavy atom. The van der Waals surface area contributed by atoms with Crippen LogP contribution in [0.5, 0.6) is 0 Å². The molecule has 2 rings (SSSR count). The van der Waals surface area contributed by atoms with Crippen LogP contribution in [0, 0.1) is 13.8 Å². The van der Waals surface area contributed by atoms with E-state index in [2.05, 4.69) is 25.8 Å². The molecule has 2 aromatic heterocycles. The van der Waals surface area contributed by atoms with Crippen LogP contribution in [-0.2, 0) is 26.2 Å². The van der Waals surface area contributed by atoms with Gasteiger partial charge in [0.1, 0.15) is 5.60 Å². The van der Waals surface area contributed by atoms with Gasteiger partial charge in [-0.15, -0.1) is 24.0 Å². The summed E-state index contributed by atoms with van der Waals surface area (Å²) < 4.78 is 3.55. The fourth-order valence-corrected chi connectivity index (χ4v) is 2.60. The standard InChI is InChI=1S/C17H29N7O.HI/c1-7-18-16(19-9-15-12(2)22-24(6)13(15)3)20-11-17(4,25)14-8-21-23(5)10-14;/h8,10,25H,7,9,11H2,1-6H3,(H2,18,19,20);1H. The Balaban J connectivity index is 0.00000338. The zero-order valence-corrected chi connectivity index (χ0v) is 18.7. The van der Waals surface area contributed by atoms with Crippen LogP contribution >= 0.6 is 24.0 Å². The number of hydrogen-bond donors (Lipinski definition) is 3. The highest BCUT2D eigenvalue weighted by atomic mass is 127. The monoisotopic (exact) mass is 475 g/mol. The normalized spacial score (nSPS) is 13.9. The topological polar surface area (TPSA) is 92.3 Å². The summed E-state index contributed by atoms with van der Waals surface area (Å²) in [7, 11) is 3.77. The largest absolute Gasteiger partial charge is 0.383 e. The third-order valence-electron chi connectivity index (χ3n) is 4.33. The molecule has 0 aliphatic carbocycles. The lowest BCUT2D eigenvalue weighted by Crippen LogP contribution is -2.44. The van der Waals surface area contributed by atoms with E-state index in [1.165, 1.54) is 0 Å². The van der Waals surface area contributed by atoms with Crippen LogP contribution in [0.3, 0.4) is 0 Å². The minimum absolute atomic E-state index is 0. The first-order valence-corrected chi connectivity index (χ1v) is 8.47. The summed E-state index contributed by atoms with van der Waals surface area (Å²) in [5.74, 6) is 0.661. The Morgan fingerprint density at radius 3 is 2.50 bits per heavy atom. The lowest BCUT2D eigenvalue weighted by molar-refractivity contribution is 0.0616. The number of aryl methyl sites for hydroxylation is 3. The number of aliphatic imine (C=N–C) groups is 1. The third kappa shape index (κ3) is 5.44. The summed E-state index contributed by atoms with van der Waals surface area (Å²) >= 11 is 0. The number of guanidine groups is 1. The van der Waals surface area contributed by atoms with Crippen molar-refractivity contribution in [1.29, 1.82) is 0 Å². The number of rotatable bonds is 6. The minimum Gasteiger partial charge on any atom is -0.383 e. The molecule has 0 aliphatic rings. The van der Waals surface area contributed by atoms with Crippen LogP contribution in [0.2, 0.25) is 0 Å². The van der Waals surface area contributed by atoms with Gasteiger partial charge in [-0.25, -0.2) is 4.99 Å². The molecule has 0 fully saturated rings. The van der Waals surface area contributed by atoms with Gasteiger partial charge < -0.3 is 15.7 Å². The first kappa shape index (κ1) is 22.4. The number of aliphatic hydroxyl groups is 1. The van der Waals surface area contributed by atoms with Crippen molar-refractivity contribution in [1.82, 2.24) is 30.2 Å². The maximum Gasteiger partial charge on any atom is 0.191 e. The van der Waals surface area contributed by atoms with E-state index in [1.807, 2.05) is 45.7 Å². The Labute approximate surface area is 172 Å². The molecular weight excluding hydrogens is 445 g/mol. The van der Waals surface area contributed by atoms with E-state index in [-0.39, 0.29) is 24.0 Å². The zero-order valence-electron chi connectivity index (χ0n) is 16.4. The smallest absolute Gasteiger partial charge is 0.191 e. The number of aromatic nitrogens is 4. The van der Waals surface area contributed by atoms with Crippen LogP contribution in [0.4, 0.5) is 0 Å². The molecule has 2 aromatic rings. The van der Waals surface area contributed by atoms with Crippen molar-refractivity contribution in [3.63, 3.8) is 0 Å². The van der Waals surface area contributed by atoms with Gasteiger partial charge in [0, 0.05) is 43.7 Å². The first-order valence-electron chi connectivity index (χ1n) is 8.47. The second kappa shape index (κ2) is 9.36. The van der Waals surface area contributed by atoms with Gasteiger partial charge in [0.05, 0.1) is 25.0 Å². The van der Waals surface area contributed by atoms with Crippen molar-refractivity contribution in [2.45, 2.75) is 39.8 Å². The Kier molecular flexibility index (Phi) is 8.07. The van der Waals surface area contributed by atoms with E-state index in [9.17, 15) is 5.11 Å². The quantitative estimate of drug-likeness (QED) is 0.334. The molecule has 1 unspecified atom stereocenters. The van der Waals surface area contributed by atoms with E-state index in [0.29, 0.717) is 19.0 Å². The fourth-order valence-electron chi connectivity index (χ4n) is 2.60. The molecule has 9 heteroatoms. The molecule has 0 aliphatic heterocycles. The Bertz CT molecular complexity index is 748. The molecule has 0 aromatic carbocycles. The number of hydrogen-bond acceptors (Lipinski definition) is 4.